The summed E-state index contributed by atoms with van der Waals surface area (Å²) < 4.78 is 22.6. The number of ether oxygens (including phenoxy) is 3. The Kier molecular flexibility index (Phi) is 8.43. The normalized spacial score (nSPS) is 11.1. The first-order chi connectivity index (χ1) is 19.7. The number of aryl methyl sites for hydroxylation is 2. The number of hydrogen-bond acceptors (Lipinski definition) is 6. The van der Waals surface area contributed by atoms with Crippen molar-refractivity contribution in [2.75, 3.05) is 0 Å². The maximum atomic E-state index is 13.0. The van der Waals surface area contributed by atoms with Crippen LogP contribution in [0.2, 0.25) is 10.0 Å². The zero-order chi connectivity index (χ0) is 28.9. The van der Waals surface area contributed by atoms with Gasteiger partial charge in [-0.3, -0.25) is 4.79 Å². The molecule has 0 saturated heterocycles. The summed E-state index contributed by atoms with van der Waals surface area (Å²) in [5.41, 5.74) is 3.38. The lowest BCUT2D eigenvalue weighted by molar-refractivity contribution is -0.128. The maximum absolute atomic E-state index is 13.0. The van der Waals surface area contributed by atoms with Gasteiger partial charge in [0.2, 0.25) is 11.2 Å². The number of hydrogen-bond donors (Lipinski definition) is 0. The minimum absolute atomic E-state index is 0.0349. The van der Waals surface area contributed by atoms with Crippen LogP contribution < -0.4 is 19.6 Å². The molecule has 4 aromatic carbocycles. The van der Waals surface area contributed by atoms with Crippen molar-refractivity contribution in [1.82, 2.24) is 0 Å². The quantitative estimate of drug-likeness (QED) is 0.103. The Morgan fingerprint density at radius 2 is 1.54 bits per heavy atom. The Hall–Kier alpha value is -4.52. The molecule has 1 aromatic heterocycles. The lowest BCUT2D eigenvalue weighted by Gasteiger charge is -2.09. The standard InChI is InChI=1S/C33H24Cl2O6/c1-20-15-27(16-21(2)32(20)35)40-30-19-39-29-17-26(12-13-28(29)33(30)37)41-31(36)14-7-22-5-10-25(11-6-22)38-18-23-3-8-24(34)9-4-23/h3-17,19H,18H2,1-2H3/b14-7+. The number of carbonyl (C=O) groups is 1. The average molecular weight is 587 g/mol. The van der Waals surface area contributed by atoms with E-state index in [-0.39, 0.29) is 22.5 Å². The van der Waals surface area contributed by atoms with Crippen molar-refractivity contribution in [3.8, 4) is 23.0 Å². The fourth-order valence-corrected chi connectivity index (χ4v) is 4.29. The highest BCUT2D eigenvalue weighted by Crippen LogP contribution is 2.29. The van der Waals surface area contributed by atoms with E-state index in [0.29, 0.717) is 33.5 Å². The highest BCUT2D eigenvalue weighted by molar-refractivity contribution is 6.32. The predicted molar refractivity (Wildman–Crippen MR) is 160 cm³/mol. The van der Waals surface area contributed by atoms with Gasteiger partial charge in [0.05, 0.1) is 5.39 Å². The van der Waals surface area contributed by atoms with Crippen LogP contribution in [0.25, 0.3) is 17.0 Å². The number of rotatable bonds is 8. The summed E-state index contributed by atoms with van der Waals surface area (Å²) in [5, 5.41) is 1.61. The first kappa shape index (κ1) is 28.0. The van der Waals surface area contributed by atoms with E-state index >= 15 is 0 Å². The second-order valence-electron chi connectivity index (χ2n) is 9.30. The third-order valence-corrected chi connectivity index (χ3v) is 7.03. The molecule has 0 aliphatic rings. The summed E-state index contributed by atoms with van der Waals surface area (Å²) in [5.74, 6) is 0.868. The second kappa shape index (κ2) is 12.3. The van der Waals surface area contributed by atoms with Crippen LogP contribution in [0.15, 0.2) is 100 Å². The van der Waals surface area contributed by atoms with Gasteiger partial charge in [-0.15, -0.1) is 0 Å². The number of carbonyl (C=O) groups excluding carboxylic acids is 1. The molecular formula is C33H24Cl2O6. The van der Waals surface area contributed by atoms with Crippen LogP contribution >= 0.6 is 23.2 Å². The number of fused-ring (bicyclic) bond motifs is 1. The van der Waals surface area contributed by atoms with Crippen LogP contribution in [-0.2, 0) is 11.4 Å². The Balaban J connectivity index is 1.20. The molecule has 5 aromatic rings. The average Bonchev–Trinajstić information content (AvgIpc) is 2.96. The van der Waals surface area contributed by atoms with Gasteiger partial charge >= 0.3 is 5.97 Å². The predicted octanol–water partition coefficient (Wildman–Crippen LogP) is 8.71. The zero-order valence-corrected chi connectivity index (χ0v) is 23.7. The van der Waals surface area contributed by atoms with Crippen molar-refractivity contribution in [3.05, 3.63) is 134 Å². The summed E-state index contributed by atoms with van der Waals surface area (Å²) in [6.07, 6.45) is 4.19. The van der Waals surface area contributed by atoms with Gasteiger partial charge in [0.15, 0.2) is 0 Å². The van der Waals surface area contributed by atoms with E-state index in [1.54, 1.807) is 18.2 Å². The van der Waals surface area contributed by atoms with Crippen LogP contribution in [-0.4, -0.2) is 5.97 Å². The molecule has 0 aliphatic carbocycles. The van der Waals surface area contributed by atoms with Gasteiger partial charge in [0.25, 0.3) is 0 Å². The van der Waals surface area contributed by atoms with Crippen LogP contribution in [0.1, 0.15) is 22.3 Å². The molecule has 0 fully saturated rings. The lowest BCUT2D eigenvalue weighted by Crippen LogP contribution is -2.06. The molecule has 0 saturated carbocycles. The molecule has 0 atom stereocenters. The summed E-state index contributed by atoms with van der Waals surface area (Å²) in [4.78, 5) is 25.4. The van der Waals surface area contributed by atoms with E-state index in [2.05, 4.69) is 0 Å². The molecule has 8 heteroatoms. The molecule has 0 spiro atoms. The topological polar surface area (TPSA) is 75.0 Å². The monoisotopic (exact) mass is 586 g/mol. The van der Waals surface area contributed by atoms with E-state index in [1.807, 2.05) is 62.4 Å². The third kappa shape index (κ3) is 6.98. The molecule has 5 rings (SSSR count). The molecule has 0 radical (unpaired) electrons. The molecule has 0 bridgehead atoms. The molecule has 206 valence electrons. The molecule has 0 N–H and O–H groups in total. The number of esters is 1. The molecule has 1 heterocycles. The highest BCUT2D eigenvalue weighted by Gasteiger charge is 2.13. The van der Waals surface area contributed by atoms with Crippen molar-refractivity contribution in [2.24, 2.45) is 0 Å². The van der Waals surface area contributed by atoms with Crippen LogP contribution in [0.4, 0.5) is 0 Å². The molecule has 6 nitrogen and oxygen atoms in total. The minimum Gasteiger partial charge on any atom is -0.489 e. The molecule has 0 unspecified atom stereocenters. The Labute approximate surface area is 246 Å². The van der Waals surface area contributed by atoms with Gasteiger partial charge < -0.3 is 18.6 Å². The summed E-state index contributed by atoms with van der Waals surface area (Å²) in [7, 11) is 0. The number of benzene rings is 4. The van der Waals surface area contributed by atoms with E-state index in [4.69, 9.17) is 41.8 Å². The second-order valence-corrected chi connectivity index (χ2v) is 10.1. The minimum atomic E-state index is -0.580. The van der Waals surface area contributed by atoms with Crippen LogP contribution in [0.5, 0.6) is 23.0 Å². The Bertz CT molecular complexity index is 1780. The fourth-order valence-electron chi connectivity index (χ4n) is 4.05. The van der Waals surface area contributed by atoms with Gasteiger partial charge in [-0.25, -0.2) is 4.79 Å². The summed E-state index contributed by atoms with van der Waals surface area (Å²) in [6, 6.07) is 22.8. The van der Waals surface area contributed by atoms with Crippen molar-refractivity contribution in [3.63, 3.8) is 0 Å². The van der Waals surface area contributed by atoms with Crippen molar-refractivity contribution in [2.45, 2.75) is 20.5 Å². The van der Waals surface area contributed by atoms with Crippen molar-refractivity contribution in [1.29, 1.82) is 0 Å². The fraction of sp³-hybridized carbons (Fsp3) is 0.0909. The zero-order valence-electron chi connectivity index (χ0n) is 22.2. The van der Waals surface area contributed by atoms with Crippen molar-refractivity contribution < 1.29 is 23.4 Å². The van der Waals surface area contributed by atoms with E-state index in [0.717, 1.165) is 22.3 Å². The summed E-state index contributed by atoms with van der Waals surface area (Å²) >= 11 is 12.1. The molecule has 41 heavy (non-hydrogen) atoms. The Morgan fingerprint density at radius 1 is 0.854 bits per heavy atom. The van der Waals surface area contributed by atoms with E-state index < -0.39 is 5.97 Å². The van der Waals surface area contributed by atoms with Crippen LogP contribution in [0.3, 0.4) is 0 Å². The van der Waals surface area contributed by atoms with Gasteiger partial charge in [-0.1, -0.05) is 47.5 Å². The molecule has 0 amide bonds. The SMILES string of the molecule is Cc1cc(Oc2coc3cc(OC(=O)/C=C/c4ccc(OCc5ccc(Cl)cc5)cc4)ccc3c2=O)cc(C)c1Cl. The largest absolute Gasteiger partial charge is 0.489 e. The van der Waals surface area contributed by atoms with E-state index in [9.17, 15) is 9.59 Å². The summed E-state index contributed by atoms with van der Waals surface area (Å²) in [6.45, 7) is 4.14. The number of halogens is 2. The van der Waals surface area contributed by atoms with Crippen LogP contribution in [0, 0.1) is 13.8 Å². The van der Waals surface area contributed by atoms with E-state index in [1.165, 1.54) is 30.5 Å². The molecular weight excluding hydrogens is 563 g/mol. The molecule has 0 aliphatic heterocycles. The maximum Gasteiger partial charge on any atom is 0.336 e. The third-order valence-electron chi connectivity index (χ3n) is 6.18. The first-order valence-electron chi connectivity index (χ1n) is 12.6. The highest BCUT2D eigenvalue weighted by atomic mass is 35.5. The van der Waals surface area contributed by atoms with Gasteiger partial charge in [0.1, 0.15) is 35.7 Å². The van der Waals surface area contributed by atoms with Gasteiger partial charge in [0, 0.05) is 22.2 Å². The smallest absolute Gasteiger partial charge is 0.336 e. The first-order valence-corrected chi connectivity index (χ1v) is 13.4. The Morgan fingerprint density at radius 3 is 2.24 bits per heavy atom. The lowest BCUT2D eigenvalue weighted by atomic mass is 10.1. The van der Waals surface area contributed by atoms with Gasteiger partial charge in [-0.05, 0) is 90.7 Å². The van der Waals surface area contributed by atoms with Crippen molar-refractivity contribution >= 4 is 46.2 Å². The van der Waals surface area contributed by atoms with Gasteiger partial charge in [-0.2, -0.15) is 0 Å².